The number of hydrogen-bond acceptors (Lipinski definition) is 3. The molecule has 0 aliphatic carbocycles. The molecule has 2 amide bonds. The molecule has 124 valence electrons. The minimum absolute atomic E-state index is 0.242. The van der Waals surface area contributed by atoms with Crippen LogP contribution in [-0.2, 0) is 6.18 Å². The molecule has 2 rings (SSSR count). The first kappa shape index (κ1) is 17.3. The zero-order valence-corrected chi connectivity index (χ0v) is 12.7. The molecule has 8 heteroatoms. The number of nitrogens with one attached hydrogen (secondary N) is 2. The highest BCUT2D eigenvalue weighted by Gasteiger charge is 2.29. The number of halogens is 3. The molecule has 1 aromatic carbocycles. The second kappa shape index (κ2) is 7.47. The predicted octanol–water partition coefficient (Wildman–Crippen LogP) is 4.01. The van der Waals surface area contributed by atoms with Crippen LogP contribution in [0.1, 0.15) is 23.0 Å². The fraction of sp³-hybridized carbons (Fsp3) is 0.267. The molecule has 0 radical (unpaired) electrons. The molecule has 0 fully saturated rings. The maximum absolute atomic E-state index is 12.4. The summed E-state index contributed by atoms with van der Waals surface area (Å²) in [6, 6.07) is 7.26. The van der Waals surface area contributed by atoms with Crippen molar-refractivity contribution in [2.75, 3.05) is 11.9 Å². The number of hydrogen-bond donors (Lipinski definition) is 3. The summed E-state index contributed by atoms with van der Waals surface area (Å²) in [5.41, 5.74) is -0.517. The lowest BCUT2D eigenvalue weighted by Crippen LogP contribution is -2.30. The lowest BCUT2D eigenvalue weighted by molar-refractivity contribution is -0.137. The molecule has 4 nitrogen and oxygen atoms in total. The average Bonchev–Trinajstić information content (AvgIpc) is 3.01. The zero-order chi connectivity index (χ0) is 16.9. The van der Waals surface area contributed by atoms with Crippen molar-refractivity contribution in [3.05, 3.63) is 52.2 Å². The highest BCUT2D eigenvalue weighted by Crippen LogP contribution is 2.29. The zero-order valence-electron chi connectivity index (χ0n) is 11.9. The molecule has 0 spiro atoms. The Kier molecular flexibility index (Phi) is 5.62. The Morgan fingerprint density at radius 1 is 1.22 bits per heavy atom. The average molecular weight is 344 g/mol. The van der Waals surface area contributed by atoms with E-state index in [1.165, 1.54) is 23.5 Å². The Hall–Kier alpha value is -2.06. The van der Waals surface area contributed by atoms with E-state index in [4.69, 9.17) is 0 Å². The van der Waals surface area contributed by atoms with Gasteiger partial charge in [-0.1, -0.05) is 6.07 Å². The van der Waals surface area contributed by atoms with Gasteiger partial charge < -0.3 is 15.7 Å². The van der Waals surface area contributed by atoms with Gasteiger partial charge in [-0.2, -0.15) is 13.2 Å². The third kappa shape index (κ3) is 5.26. The number of aliphatic hydroxyl groups excluding tert-OH is 1. The van der Waals surface area contributed by atoms with Crippen molar-refractivity contribution in [2.24, 2.45) is 0 Å². The fourth-order valence-electron chi connectivity index (χ4n) is 1.86. The second-order valence-corrected chi connectivity index (χ2v) is 5.76. The molecule has 0 saturated heterocycles. The van der Waals surface area contributed by atoms with Crippen LogP contribution in [0, 0.1) is 0 Å². The van der Waals surface area contributed by atoms with E-state index >= 15 is 0 Å². The Morgan fingerprint density at radius 2 is 1.91 bits per heavy atom. The summed E-state index contributed by atoms with van der Waals surface area (Å²) < 4.78 is 37.3. The maximum atomic E-state index is 12.4. The smallest absolute Gasteiger partial charge is 0.388 e. The van der Waals surface area contributed by atoms with Crippen molar-refractivity contribution in [1.82, 2.24) is 5.32 Å². The van der Waals surface area contributed by atoms with Crippen molar-refractivity contribution in [3.8, 4) is 0 Å². The largest absolute Gasteiger partial charge is 0.416 e. The summed E-state index contributed by atoms with van der Waals surface area (Å²) in [6.07, 6.45) is -4.71. The summed E-state index contributed by atoms with van der Waals surface area (Å²) in [7, 11) is 0. The van der Waals surface area contributed by atoms with Gasteiger partial charge in [-0.05, 0) is 42.1 Å². The third-order valence-corrected chi connectivity index (χ3v) is 4.02. The van der Waals surface area contributed by atoms with Crippen LogP contribution in [0.5, 0.6) is 0 Å². The van der Waals surface area contributed by atoms with E-state index in [-0.39, 0.29) is 12.2 Å². The number of urea groups is 1. The lowest BCUT2D eigenvalue weighted by atomic mass is 10.2. The SMILES string of the molecule is O=C(NCCC(O)c1cccs1)Nc1ccc(C(F)(F)F)cc1. The van der Waals surface area contributed by atoms with Crippen LogP contribution >= 0.6 is 11.3 Å². The summed E-state index contributed by atoms with van der Waals surface area (Å²) in [5, 5.41) is 16.7. The number of amides is 2. The standard InChI is InChI=1S/C15H15F3N2O2S/c16-15(17,18)10-3-5-11(6-4-10)20-14(22)19-8-7-12(21)13-2-1-9-23-13/h1-6,9,12,21H,7-8H2,(H2,19,20,22). The third-order valence-electron chi connectivity index (χ3n) is 3.05. The molecule has 3 N–H and O–H groups in total. The van der Waals surface area contributed by atoms with Crippen molar-refractivity contribution >= 4 is 23.1 Å². The summed E-state index contributed by atoms with van der Waals surface area (Å²) in [4.78, 5) is 12.5. The van der Waals surface area contributed by atoms with E-state index in [2.05, 4.69) is 10.6 Å². The first-order chi connectivity index (χ1) is 10.9. The first-order valence-corrected chi connectivity index (χ1v) is 7.68. The Labute approximate surface area is 135 Å². The number of carbonyl (C=O) groups excluding carboxylic acids is 1. The molecule has 1 unspecified atom stereocenters. The monoisotopic (exact) mass is 344 g/mol. The van der Waals surface area contributed by atoms with Gasteiger partial charge in [-0.15, -0.1) is 11.3 Å². The van der Waals surface area contributed by atoms with Crippen LogP contribution in [0.2, 0.25) is 0 Å². The van der Waals surface area contributed by atoms with E-state index in [9.17, 15) is 23.1 Å². The van der Waals surface area contributed by atoms with Gasteiger partial charge in [0.05, 0.1) is 11.7 Å². The van der Waals surface area contributed by atoms with Gasteiger partial charge in [0.15, 0.2) is 0 Å². The molecular formula is C15H15F3N2O2S. The summed E-state index contributed by atoms with van der Waals surface area (Å²) in [5.74, 6) is 0. The number of thiophene rings is 1. The van der Waals surface area contributed by atoms with E-state index < -0.39 is 23.9 Å². The van der Waals surface area contributed by atoms with Crippen LogP contribution < -0.4 is 10.6 Å². The number of rotatable bonds is 5. The minimum Gasteiger partial charge on any atom is -0.388 e. The van der Waals surface area contributed by atoms with E-state index in [1.54, 1.807) is 6.07 Å². The number of anilines is 1. The molecule has 0 bridgehead atoms. The van der Waals surface area contributed by atoms with E-state index in [1.807, 2.05) is 11.4 Å². The molecule has 0 aliphatic heterocycles. The van der Waals surface area contributed by atoms with Gasteiger partial charge in [-0.3, -0.25) is 0 Å². The molecule has 0 aliphatic rings. The Bertz CT molecular complexity index is 627. The van der Waals surface area contributed by atoms with Gasteiger partial charge in [0, 0.05) is 17.1 Å². The van der Waals surface area contributed by atoms with Gasteiger partial charge in [0.25, 0.3) is 0 Å². The maximum Gasteiger partial charge on any atom is 0.416 e. The normalized spacial score (nSPS) is 12.7. The molecule has 1 heterocycles. The molecule has 2 aromatic rings. The predicted molar refractivity (Wildman–Crippen MR) is 82.4 cm³/mol. The second-order valence-electron chi connectivity index (χ2n) is 4.78. The van der Waals surface area contributed by atoms with Gasteiger partial charge >= 0.3 is 12.2 Å². The molecule has 1 atom stereocenters. The minimum atomic E-state index is -4.40. The lowest BCUT2D eigenvalue weighted by Gasteiger charge is -2.11. The van der Waals surface area contributed by atoms with Crippen LogP contribution in [0.15, 0.2) is 41.8 Å². The number of alkyl halides is 3. The van der Waals surface area contributed by atoms with Crippen LogP contribution in [-0.4, -0.2) is 17.7 Å². The molecule has 0 saturated carbocycles. The topological polar surface area (TPSA) is 61.4 Å². The van der Waals surface area contributed by atoms with Gasteiger partial charge in [0.2, 0.25) is 0 Å². The summed E-state index contributed by atoms with van der Waals surface area (Å²) in [6.45, 7) is 0.242. The van der Waals surface area contributed by atoms with Gasteiger partial charge in [-0.25, -0.2) is 4.79 Å². The van der Waals surface area contributed by atoms with Gasteiger partial charge in [0.1, 0.15) is 0 Å². The fourth-order valence-corrected chi connectivity index (χ4v) is 2.61. The highest BCUT2D eigenvalue weighted by atomic mass is 32.1. The van der Waals surface area contributed by atoms with Crippen molar-refractivity contribution in [1.29, 1.82) is 0 Å². The van der Waals surface area contributed by atoms with Crippen LogP contribution in [0.4, 0.5) is 23.7 Å². The Balaban J connectivity index is 1.76. The van der Waals surface area contributed by atoms with Crippen LogP contribution in [0.25, 0.3) is 0 Å². The molecule has 1 aromatic heterocycles. The number of aliphatic hydroxyl groups is 1. The van der Waals surface area contributed by atoms with Crippen molar-refractivity contribution < 1.29 is 23.1 Å². The van der Waals surface area contributed by atoms with E-state index in [0.29, 0.717) is 6.42 Å². The molecule has 23 heavy (non-hydrogen) atoms. The van der Waals surface area contributed by atoms with Crippen molar-refractivity contribution in [2.45, 2.75) is 18.7 Å². The summed E-state index contributed by atoms with van der Waals surface area (Å²) >= 11 is 1.43. The van der Waals surface area contributed by atoms with E-state index in [0.717, 1.165) is 17.0 Å². The number of carbonyl (C=O) groups is 1. The van der Waals surface area contributed by atoms with Crippen molar-refractivity contribution in [3.63, 3.8) is 0 Å². The quantitative estimate of drug-likeness (QED) is 0.767. The molecular weight excluding hydrogens is 329 g/mol. The first-order valence-electron chi connectivity index (χ1n) is 6.80. The highest BCUT2D eigenvalue weighted by molar-refractivity contribution is 7.10. The van der Waals surface area contributed by atoms with Crippen LogP contribution in [0.3, 0.4) is 0 Å². The Morgan fingerprint density at radius 3 is 2.48 bits per heavy atom. The number of benzene rings is 1.